The largest absolute Gasteiger partial charge is 0.416 e. The Morgan fingerprint density at radius 3 is 1.11 bits per heavy atom. The minimum atomic E-state index is -4.53. The highest BCUT2D eigenvalue weighted by Crippen LogP contribution is 2.35. The van der Waals surface area contributed by atoms with Crippen LogP contribution in [0.1, 0.15) is 76.2 Å². The molecule has 0 radical (unpaired) electrons. The standard InChI is InChI=1S/3C22H19F4N7O2.C21H21ClFN7O/c23-17-13-27-21(31-19(17)33-7-9-35-10-8-33)32-28-12-16-5-2-6-18(29-16)20(34)30-15-4-1-3-14(11-15)22(24,25)26;23-18-13-28-21(31-19(18)33-6-8-35-9-7-33)32-29-12-17-5-4-14(11-27-17)20(34)30-16-3-1-2-15(10-16)22(24,25)26;23-18-13-28-21(31-19(18)33-6-8-35-9-7-33)32-29-12-17-10-14(4-5-27-17)20(34)30-16-3-1-2-15(11-16)22(24,25)26;1-14-3-2-4-17(22)19(14)27-15-5-6-24-16(11-15)12-26-29-21-25-13-18(23)20(28-21)30-7-9-31-10-8-30/h1-6,11-13H,7-10H2,(H,30,34)(H,27,31,32);2*1-5,10-13H,6-9H2,(H,30,34)(H,28,31,32);2-6,11-13H,7-10H2,1H3,(H,24,27)(H,25,28,29)/b28-12+;2*29-12+;26-12-. The monoisotopic (exact) mass is 1910 g/mol. The van der Waals surface area contributed by atoms with Crippen LogP contribution in [-0.2, 0) is 37.5 Å². The Morgan fingerprint density at radius 2 is 0.721 bits per heavy atom. The molecule has 16 rings (SSSR count). The fraction of sp³-hybridized carbons (Fsp3) is 0.230. The number of benzene rings is 4. The summed E-state index contributed by atoms with van der Waals surface area (Å²) in [4.78, 5) is 93.0. The molecule has 35 nitrogen and oxygen atoms in total. The van der Waals surface area contributed by atoms with E-state index in [1.165, 1.54) is 104 Å². The van der Waals surface area contributed by atoms with Gasteiger partial charge in [0.1, 0.15) is 5.69 Å². The highest BCUT2D eigenvalue weighted by molar-refractivity contribution is 6.33. The summed E-state index contributed by atoms with van der Waals surface area (Å²) >= 11 is 6.29. The number of anilines is 13. The van der Waals surface area contributed by atoms with Crippen LogP contribution in [-0.4, -0.2) is 208 Å². The number of aryl methyl sites for hydroxylation is 1. The number of aromatic nitrogens is 12. The Balaban J connectivity index is 0.000000154. The van der Waals surface area contributed by atoms with Crippen molar-refractivity contribution >= 4 is 130 Å². The Morgan fingerprint density at radius 1 is 0.360 bits per heavy atom. The smallest absolute Gasteiger partial charge is 0.378 e. The number of para-hydroxylation sites is 1. The van der Waals surface area contributed by atoms with Crippen molar-refractivity contribution in [2.24, 2.45) is 20.4 Å². The number of hydrogen-bond donors (Lipinski definition) is 8. The predicted molar refractivity (Wildman–Crippen MR) is 480 cm³/mol. The normalized spacial score (nSPS) is 14.2. The maximum atomic E-state index is 14.1. The first-order valence-electron chi connectivity index (χ1n) is 40.9. The van der Waals surface area contributed by atoms with Gasteiger partial charge in [-0.2, -0.15) is 79.9 Å². The minimum absolute atomic E-state index is 0.00283. The average molecular weight is 1910 g/mol. The second kappa shape index (κ2) is 46.6. The molecule has 8 aromatic heterocycles. The van der Waals surface area contributed by atoms with Crippen molar-refractivity contribution in [3.63, 3.8) is 0 Å². The molecule has 4 saturated heterocycles. The lowest BCUT2D eigenvalue weighted by Crippen LogP contribution is -2.37. The summed E-state index contributed by atoms with van der Waals surface area (Å²) in [5.74, 6) is -3.05. The number of hydrazone groups is 4. The van der Waals surface area contributed by atoms with Crippen LogP contribution < -0.4 is 62.6 Å². The van der Waals surface area contributed by atoms with Crippen molar-refractivity contribution in [1.29, 1.82) is 0 Å². The van der Waals surface area contributed by atoms with Crippen LogP contribution in [0.25, 0.3) is 0 Å². The predicted octanol–water partition coefficient (Wildman–Crippen LogP) is 14.7. The van der Waals surface area contributed by atoms with Crippen LogP contribution in [0.2, 0.25) is 5.02 Å². The van der Waals surface area contributed by atoms with E-state index >= 15 is 0 Å². The molecule has 0 bridgehead atoms. The number of nitrogens with one attached hydrogen (secondary N) is 8. The molecule has 0 saturated carbocycles. The van der Waals surface area contributed by atoms with Crippen LogP contribution in [0.4, 0.5) is 133 Å². The topological polar surface area (TPSA) is 401 Å². The van der Waals surface area contributed by atoms with Gasteiger partial charge in [-0.15, -0.1) is 0 Å². The van der Waals surface area contributed by atoms with Crippen molar-refractivity contribution in [2.45, 2.75) is 25.5 Å². The zero-order valence-electron chi connectivity index (χ0n) is 71.1. The molecule has 12 heterocycles. The van der Waals surface area contributed by atoms with E-state index in [0.717, 1.165) is 78.1 Å². The van der Waals surface area contributed by atoms with Crippen molar-refractivity contribution in [1.82, 2.24) is 59.8 Å². The second-order valence-corrected chi connectivity index (χ2v) is 29.3. The molecule has 0 spiro atoms. The summed E-state index contributed by atoms with van der Waals surface area (Å²) in [5.41, 5.74) is 12.4. The van der Waals surface area contributed by atoms with E-state index in [4.69, 9.17) is 30.5 Å². The van der Waals surface area contributed by atoms with E-state index in [1.54, 1.807) is 33.0 Å². The lowest BCUT2D eigenvalue weighted by Gasteiger charge is -2.27. The van der Waals surface area contributed by atoms with Crippen LogP contribution in [0.5, 0.6) is 0 Å². The van der Waals surface area contributed by atoms with Gasteiger partial charge in [-0.25, -0.2) is 64.2 Å². The molecule has 0 unspecified atom stereocenters. The first-order valence-corrected chi connectivity index (χ1v) is 41.3. The van der Waals surface area contributed by atoms with Gasteiger partial charge in [0.2, 0.25) is 23.8 Å². The Kier molecular flexibility index (Phi) is 33.5. The number of halogens is 14. The van der Waals surface area contributed by atoms with E-state index in [9.17, 15) is 71.5 Å². The van der Waals surface area contributed by atoms with E-state index in [2.05, 4.69) is 123 Å². The molecule has 0 aliphatic carbocycles. The number of carbonyl (C=O) groups is 3. The van der Waals surface area contributed by atoms with Crippen molar-refractivity contribution < 1.29 is 90.4 Å². The molecular weight excluding hydrogens is 1830 g/mol. The first-order chi connectivity index (χ1) is 65.5. The van der Waals surface area contributed by atoms with Gasteiger partial charge in [-0.3, -0.25) is 29.3 Å². The zero-order chi connectivity index (χ0) is 96.1. The molecule has 0 atom stereocenters. The van der Waals surface area contributed by atoms with Gasteiger partial charge in [0, 0.05) is 99.3 Å². The molecule has 136 heavy (non-hydrogen) atoms. The fourth-order valence-electron chi connectivity index (χ4n) is 12.6. The van der Waals surface area contributed by atoms with Gasteiger partial charge in [-0.05, 0) is 122 Å². The van der Waals surface area contributed by atoms with Gasteiger partial charge < -0.3 is 59.8 Å². The highest BCUT2D eigenvalue weighted by atomic mass is 35.5. The number of ether oxygens (including phenoxy) is 4. The molecule has 4 fully saturated rings. The van der Waals surface area contributed by atoms with Gasteiger partial charge >= 0.3 is 18.5 Å². The molecule has 12 aromatic rings. The van der Waals surface area contributed by atoms with Gasteiger partial charge in [0.15, 0.2) is 46.5 Å². The quantitative estimate of drug-likeness (QED) is 0.0158. The number of nitrogens with zero attached hydrogens (tertiary/aromatic N) is 20. The number of rotatable bonds is 24. The summed E-state index contributed by atoms with van der Waals surface area (Å²) in [6, 6.07) is 32.6. The van der Waals surface area contributed by atoms with Crippen LogP contribution in [0.3, 0.4) is 0 Å². The molecule has 706 valence electrons. The number of hydrogen-bond acceptors (Lipinski definition) is 32. The zero-order valence-corrected chi connectivity index (χ0v) is 71.9. The summed E-state index contributed by atoms with van der Waals surface area (Å²) in [6.45, 7) is 10.0. The SMILES string of the molecule is Cc1cccc(Cl)c1Nc1ccnc(/C=N\Nc2ncc(F)c(N3CCOCC3)n2)c1.O=C(Nc1cccc(C(F)(F)F)c1)c1ccc(/C=N/Nc2ncc(F)c(N3CCOCC3)n2)nc1.O=C(Nc1cccc(C(F)(F)F)c1)c1cccc(/C=N/Nc2ncc(F)c(N3CCOCC3)n2)n1.O=C(Nc1cccc(C(F)(F)F)c1)c1ccnc(/C=N/Nc2ncc(F)c(N3CCOCC3)n2)c1. The van der Waals surface area contributed by atoms with Crippen LogP contribution in [0.15, 0.2) is 209 Å². The number of amides is 3. The Bertz CT molecular complexity index is 6040. The molecule has 4 aliphatic rings. The number of alkyl halides is 9. The summed E-state index contributed by atoms with van der Waals surface area (Å²) in [6.07, 6.45) is 0.426. The Labute approximate surface area is 769 Å². The molecule has 4 aromatic carbocycles. The number of morpholine rings is 4. The first kappa shape index (κ1) is 97.8. The lowest BCUT2D eigenvalue weighted by molar-refractivity contribution is -0.138. The van der Waals surface area contributed by atoms with E-state index in [-0.39, 0.29) is 92.3 Å². The molecule has 49 heteroatoms. The number of pyridine rings is 4. The second-order valence-electron chi connectivity index (χ2n) is 28.9. The third kappa shape index (κ3) is 28.7. The van der Waals surface area contributed by atoms with E-state index < -0.39 is 76.2 Å². The third-order valence-electron chi connectivity index (χ3n) is 19.3. The molecule has 4 aliphatic heterocycles. The van der Waals surface area contributed by atoms with Crippen LogP contribution in [0, 0.1) is 30.2 Å². The Hall–Kier alpha value is -15.7. The highest BCUT2D eigenvalue weighted by Gasteiger charge is 2.34. The third-order valence-corrected chi connectivity index (χ3v) is 19.6. The van der Waals surface area contributed by atoms with E-state index in [1.807, 2.05) is 42.2 Å². The maximum absolute atomic E-state index is 14.1. The number of carbonyl (C=O) groups excluding carboxylic acids is 3. The minimum Gasteiger partial charge on any atom is -0.378 e. The van der Waals surface area contributed by atoms with Gasteiger partial charge in [-0.1, -0.05) is 48.0 Å². The van der Waals surface area contributed by atoms with Crippen molar-refractivity contribution in [2.75, 3.05) is 168 Å². The molecular formula is C87H78ClF13N28O7. The fourth-order valence-corrected chi connectivity index (χ4v) is 12.9. The van der Waals surface area contributed by atoms with Gasteiger partial charge in [0.05, 0.1) is 158 Å². The van der Waals surface area contributed by atoms with E-state index in [0.29, 0.717) is 122 Å². The van der Waals surface area contributed by atoms with Gasteiger partial charge in [0.25, 0.3) is 17.7 Å². The lowest BCUT2D eigenvalue weighted by atomic mass is 10.1. The summed E-state index contributed by atoms with van der Waals surface area (Å²) in [5, 5.41) is 27.2. The van der Waals surface area contributed by atoms with Crippen molar-refractivity contribution in [3.8, 4) is 0 Å². The van der Waals surface area contributed by atoms with Crippen molar-refractivity contribution in [3.05, 3.63) is 279 Å². The molecule has 3 amide bonds. The summed E-state index contributed by atoms with van der Waals surface area (Å²) < 4.78 is 193. The maximum Gasteiger partial charge on any atom is 0.416 e. The summed E-state index contributed by atoms with van der Waals surface area (Å²) in [7, 11) is 0. The average Bonchev–Trinajstić information content (AvgIpc) is 0.851. The van der Waals surface area contributed by atoms with Crippen LogP contribution >= 0.6 is 11.6 Å². The molecule has 8 N–H and O–H groups in total.